The Hall–Kier alpha value is -5.10. The smallest absolute Gasteiger partial charge is 0.423 e. The third-order valence-corrected chi connectivity index (χ3v) is 9.38. The Morgan fingerprint density at radius 1 is 0.780 bits per heavy atom. The first-order valence-corrected chi connectivity index (χ1v) is 17.7. The van der Waals surface area contributed by atoms with Crippen molar-refractivity contribution in [3.8, 4) is 23.3 Å². The SMILES string of the molecule is CCSc1c(C(N)=O)cnn2cc(-c3ccc(C#N)cc3)cc12.CCSc1c(C(N)=O)cnn2cc(Br)cc12.N#Cc1ccc(B(O)O)cc1. The summed E-state index contributed by atoms with van der Waals surface area (Å²) in [6, 6.07) is 21.4. The third kappa shape index (κ3) is 9.12. The molecule has 0 atom stereocenters. The molecule has 6 rings (SSSR count). The quantitative estimate of drug-likeness (QED) is 0.125. The molecule has 0 unspecified atom stereocenters. The summed E-state index contributed by atoms with van der Waals surface area (Å²) < 4.78 is 4.41. The van der Waals surface area contributed by atoms with Crippen LogP contribution in [0, 0.1) is 22.7 Å². The second-order valence-electron chi connectivity index (χ2n) is 10.2. The number of hydrogen-bond donors (Lipinski definition) is 4. The lowest BCUT2D eigenvalue weighted by molar-refractivity contribution is 0.0988. The average molecular weight is 770 g/mol. The van der Waals surface area contributed by atoms with E-state index in [-0.39, 0.29) is 0 Å². The predicted molar refractivity (Wildman–Crippen MR) is 199 cm³/mol. The Morgan fingerprint density at radius 2 is 1.24 bits per heavy atom. The minimum Gasteiger partial charge on any atom is -0.423 e. The fraction of sp³-hybridized carbons (Fsp3) is 0.118. The summed E-state index contributed by atoms with van der Waals surface area (Å²) in [4.78, 5) is 24.6. The van der Waals surface area contributed by atoms with Crippen LogP contribution in [0.3, 0.4) is 0 Å². The molecule has 0 aliphatic carbocycles. The molecule has 252 valence electrons. The maximum Gasteiger partial charge on any atom is 0.488 e. The van der Waals surface area contributed by atoms with Crippen molar-refractivity contribution in [2.24, 2.45) is 11.5 Å². The number of nitrogens with two attached hydrogens (primary N) is 2. The lowest BCUT2D eigenvalue weighted by atomic mass is 9.80. The van der Waals surface area contributed by atoms with Crippen LogP contribution >= 0.6 is 39.5 Å². The van der Waals surface area contributed by atoms with E-state index in [0.717, 1.165) is 47.9 Å². The molecule has 50 heavy (non-hydrogen) atoms. The molecule has 0 saturated heterocycles. The zero-order chi connectivity index (χ0) is 36.4. The largest absolute Gasteiger partial charge is 0.488 e. The maximum absolute atomic E-state index is 11.6. The highest BCUT2D eigenvalue weighted by Crippen LogP contribution is 2.32. The van der Waals surface area contributed by atoms with Crippen molar-refractivity contribution < 1.29 is 19.6 Å². The van der Waals surface area contributed by atoms with Crippen molar-refractivity contribution in [2.45, 2.75) is 23.6 Å². The first-order valence-electron chi connectivity index (χ1n) is 14.9. The van der Waals surface area contributed by atoms with Crippen LogP contribution in [-0.4, -0.2) is 59.7 Å². The lowest BCUT2D eigenvalue weighted by Crippen LogP contribution is -2.29. The van der Waals surface area contributed by atoms with E-state index in [1.807, 2.05) is 56.6 Å². The van der Waals surface area contributed by atoms with Crippen LogP contribution in [0.15, 0.2) is 99.7 Å². The highest BCUT2D eigenvalue weighted by Gasteiger charge is 2.16. The van der Waals surface area contributed by atoms with Gasteiger partial charge in [0.05, 0.1) is 57.8 Å². The number of benzene rings is 2. The molecular weight excluding hydrogens is 739 g/mol. The normalized spacial score (nSPS) is 10.3. The van der Waals surface area contributed by atoms with E-state index in [9.17, 15) is 9.59 Å². The van der Waals surface area contributed by atoms with Crippen LogP contribution in [0.1, 0.15) is 45.7 Å². The van der Waals surface area contributed by atoms with Gasteiger partial charge in [0.2, 0.25) is 0 Å². The zero-order valence-corrected chi connectivity index (χ0v) is 30.0. The summed E-state index contributed by atoms with van der Waals surface area (Å²) in [7, 11) is -1.46. The number of hydrogen-bond acceptors (Lipinski definition) is 10. The van der Waals surface area contributed by atoms with Gasteiger partial charge in [0.15, 0.2) is 0 Å². The standard InChI is InChI=1S/C17H14N4OS.C10H10BrN3OS.C7H6BNO2/c1-2-23-16-14(17(19)22)9-20-21-10-13(7-15(16)21)12-5-3-11(8-18)4-6-12;1-2-16-9-7(10(12)15)4-13-14-5-6(11)3-8(9)14;9-5-6-1-3-7(4-2-6)8(10)11/h3-7,9-10H,2H2,1H3,(H2,19,22);3-5H,2H2,1H3,(H2,12,15);1-4,10-11H. The highest BCUT2D eigenvalue weighted by molar-refractivity contribution is 9.10. The van der Waals surface area contributed by atoms with Gasteiger partial charge in [-0.1, -0.05) is 38.1 Å². The second kappa shape index (κ2) is 17.5. The summed E-state index contributed by atoms with van der Waals surface area (Å²) in [5.41, 5.74) is 16.9. The molecule has 4 heterocycles. The van der Waals surface area contributed by atoms with E-state index < -0.39 is 18.9 Å². The lowest BCUT2D eigenvalue weighted by Gasteiger charge is -2.06. The first kappa shape index (κ1) is 37.7. The van der Waals surface area contributed by atoms with Crippen molar-refractivity contribution in [3.05, 3.63) is 112 Å². The van der Waals surface area contributed by atoms with Gasteiger partial charge in [0.25, 0.3) is 11.8 Å². The van der Waals surface area contributed by atoms with Gasteiger partial charge < -0.3 is 21.5 Å². The molecule has 0 radical (unpaired) electrons. The number of rotatable bonds is 8. The number of halogens is 1. The van der Waals surface area contributed by atoms with E-state index >= 15 is 0 Å². The van der Waals surface area contributed by atoms with Gasteiger partial charge in [-0.2, -0.15) is 20.7 Å². The monoisotopic (exact) mass is 768 g/mol. The van der Waals surface area contributed by atoms with Crippen LogP contribution in [0.25, 0.3) is 22.2 Å². The topological polar surface area (TPSA) is 209 Å². The van der Waals surface area contributed by atoms with Gasteiger partial charge in [-0.15, -0.1) is 23.5 Å². The van der Waals surface area contributed by atoms with E-state index in [1.54, 1.807) is 44.7 Å². The van der Waals surface area contributed by atoms with Crippen LogP contribution < -0.4 is 16.9 Å². The molecule has 16 heteroatoms. The number of primary amides is 2. The fourth-order valence-electron chi connectivity index (χ4n) is 4.60. The maximum atomic E-state index is 11.6. The molecule has 0 fully saturated rings. The number of aromatic nitrogens is 4. The summed E-state index contributed by atoms with van der Waals surface area (Å²) in [5.74, 6) is 0.792. The Kier molecular flexibility index (Phi) is 13.2. The molecule has 6 aromatic rings. The summed E-state index contributed by atoms with van der Waals surface area (Å²) >= 11 is 6.55. The fourth-order valence-corrected chi connectivity index (χ4v) is 6.81. The van der Waals surface area contributed by atoms with Crippen molar-refractivity contribution in [3.63, 3.8) is 0 Å². The molecule has 6 N–H and O–H groups in total. The number of carbonyl (C=O) groups is 2. The molecular formula is C34H30BBrN8O4S2. The number of carbonyl (C=O) groups excluding carboxylic acids is 2. The molecule has 0 bridgehead atoms. The van der Waals surface area contributed by atoms with Crippen molar-refractivity contribution in [2.75, 3.05) is 11.5 Å². The molecule has 12 nitrogen and oxygen atoms in total. The summed E-state index contributed by atoms with van der Waals surface area (Å²) in [6.45, 7) is 4.06. The third-order valence-electron chi connectivity index (χ3n) is 6.94. The summed E-state index contributed by atoms with van der Waals surface area (Å²) in [5, 5.41) is 43.0. The Labute approximate surface area is 305 Å². The Balaban J connectivity index is 0.000000181. The van der Waals surface area contributed by atoms with Crippen LogP contribution in [-0.2, 0) is 0 Å². The predicted octanol–water partition coefficient (Wildman–Crippen LogP) is 4.63. The van der Waals surface area contributed by atoms with E-state index in [0.29, 0.717) is 27.7 Å². The van der Waals surface area contributed by atoms with Crippen molar-refractivity contribution in [1.29, 1.82) is 10.5 Å². The van der Waals surface area contributed by atoms with Gasteiger partial charge in [0.1, 0.15) is 0 Å². The number of nitriles is 2. The zero-order valence-electron chi connectivity index (χ0n) is 26.8. The highest BCUT2D eigenvalue weighted by atomic mass is 79.9. The van der Waals surface area contributed by atoms with E-state index in [1.165, 1.54) is 36.7 Å². The van der Waals surface area contributed by atoms with E-state index in [4.69, 9.17) is 32.0 Å². The second-order valence-corrected chi connectivity index (χ2v) is 13.7. The molecule has 4 aromatic heterocycles. The Morgan fingerprint density at radius 3 is 1.68 bits per heavy atom. The van der Waals surface area contributed by atoms with Crippen LogP contribution in [0.4, 0.5) is 0 Å². The van der Waals surface area contributed by atoms with Gasteiger partial charge in [-0.3, -0.25) is 9.59 Å². The number of fused-ring (bicyclic) bond motifs is 2. The van der Waals surface area contributed by atoms with Gasteiger partial charge in [-0.05, 0) is 74.9 Å². The molecule has 0 saturated carbocycles. The molecule has 0 aliphatic heterocycles. The van der Waals surface area contributed by atoms with Gasteiger partial charge >= 0.3 is 7.12 Å². The van der Waals surface area contributed by atoms with Gasteiger partial charge in [0, 0.05) is 32.2 Å². The number of amides is 2. The molecule has 2 amide bonds. The number of thioether (sulfide) groups is 2. The average Bonchev–Trinajstić information content (AvgIpc) is 3.73. The molecule has 0 spiro atoms. The van der Waals surface area contributed by atoms with Crippen molar-refractivity contribution >= 4 is 74.9 Å². The minimum absolute atomic E-state index is 0.393. The molecule has 2 aromatic carbocycles. The molecule has 0 aliphatic rings. The van der Waals surface area contributed by atoms with Gasteiger partial charge in [-0.25, -0.2) is 9.03 Å². The van der Waals surface area contributed by atoms with E-state index in [2.05, 4.69) is 32.2 Å². The minimum atomic E-state index is -1.46. The van der Waals surface area contributed by atoms with Crippen molar-refractivity contribution in [1.82, 2.24) is 19.2 Å². The Bertz CT molecular complexity index is 2230. The first-order chi connectivity index (χ1) is 24.0. The van der Waals surface area contributed by atoms with Crippen LogP contribution in [0.2, 0.25) is 0 Å². The summed E-state index contributed by atoms with van der Waals surface area (Å²) in [6.07, 6.45) is 6.77. The van der Waals surface area contributed by atoms with Crippen LogP contribution in [0.5, 0.6) is 0 Å². The number of nitrogens with zero attached hydrogens (tertiary/aromatic N) is 6.